The van der Waals surface area contributed by atoms with Crippen LogP contribution in [0.25, 0.3) is 0 Å². The highest BCUT2D eigenvalue weighted by Crippen LogP contribution is 2.67. The molecule has 0 nitrogen and oxygen atoms in total. The quantitative estimate of drug-likeness (QED) is 0.288. The van der Waals surface area contributed by atoms with Crippen LogP contribution in [0.4, 0.5) is 0 Å². The molecule has 0 aromatic carbocycles. The van der Waals surface area contributed by atoms with Crippen molar-refractivity contribution in [2.45, 2.75) is 119 Å². The second-order valence-electron chi connectivity index (χ2n) is 11.6. The van der Waals surface area contributed by atoms with Gasteiger partial charge in [-0.05, 0) is 130 Å². The normalized spacial score (nSPS) is 41.9. The van der Waals surface area contributed by atoms with Crippen LogP contribution in [0, 0.1) is 52.8 Å². The number of halogens is 1. The summed E-state index contributed by atoms with van der Waals surface area (Å²) in [6.45, 7) is 18.0. The maximum Gasteiger partial charge on any atom is 0.0108 e. The molecular weight excluding hydrogens is 396 g/mol. The van der Waals surface area contributed by atoms with Crippen molar-refractivity contribution in [3.8, 4) is 0 Å². The lowest BCUT2D eigenvalue weighted by Crippen LogP contribution is -2.50. The summed E-state index contributed by atoms with van der Waals surface area (Å²) >= 11 is 4.64. The van der Waals surface area contributed by atoms with Crippen LogP contribution in [0.1, 0.15) is 119 Å². The highest BCUT2D eigenvalue weighted by atomic mass is 35.5. The van der Waals surface area contributed by atoms with Crippen LogP contribution < -0.4 is 0 Å². The average Bonchev–Trinajstić information content (AvgIpc) is 3.20. The van der Waals surface area contributed by atoms with E-state index in [0.717, 1.165) is 47.3 Å². The molecule has 0 aromatic heterocycles. The number of rotatable bonds is 5. The van der Waals surface area contributed by atoms with Crippen molar-refractivity contribution in [1.29, 1.82) is 0 Å². The van der Waals surface area contributed by atoms with Gasteiger partial charge in [0.1, 0.15) is 0 Å². The fraction of sp³-hybridized carbons (Fsp3) is 0.933. The zero-order chi connectivity index (χ0) is 23.2. The van der Waals surface area contributed by atoms with E-state index in [1.54, 1.807) is 44.9 Å². The Morgan fingerprint density at radius 2 is 1.65 bits per heavy atom. The molecule has 0 aliphatic heterocycles. The van der Waals surface area contributed by atoms with Crippen molar-refractivity contribution in [3.05, 3.63) is 12.2 Å². The number of hydrogen-bond donors (Lipinski definition) is 0. The summed E-state index contributed by atoms with van der Waals surface area (Å²) in [5, 5.41) is 0. The second-order valence-corrected chi connectivity index (χ2v) is 11.6. The van der Waals surface area contributed by atoms with Gasteiger partial charge in [-0.3, -0.25) is 0 Å². The number of hydrogen-bond acceptors (Lipinski definition) is 0. The topological polar surface area (TPSA) is 0 Å². The van der Waals surface area contributed by atoms with Crippen molar-refractivity contribution in [3.63, 3.8) is 0 Å². The predicted octanol–water partition coefficient (Wildman–Crippen LogP) is 10.2. The Hall–Kier alpha value is 0.0300. The second kappa shape index (κ2) is 12.5. The molecule has 0 amide bonds. The summed E-state index contributed by atoms with van der Waals surface area (Å²) < 4.78 is 0. The minimum Gasteiger partial charge on any atom is -0.130 e. The molecule has 31 heavy (non-hydrogen) atoms. The summed E-state index contributed by atoms with van der Waals surface area (Å²) in [5.74, 6) is 8.36. The lowest BCUT2D eigenvalue weighted by Gasteiger charge is -2.57. The minimum absolute atomic E-state index is 0.699. The van der Waals surface area contributed by atoms with Crippen LogP contribution in [0.3, 0.4) is 0 Å². The third-order valence-electron chi connectivity index (χ3n) is 10.4. The first-order valence-corrected chi connectivity index (χ1v) is 14.7. The summed E-state index contributed by atoms with van der Waals surface area (Å²) in [7, 11) is 0. The molecule has 4 fully saturated rings. The molecule has 0 aromatic rings. The molecule has 0 saturated heterocycles. The first kappa shape index (κ1) is 27.3. The van der Waals surface area contributed by atoms with Gasteiger partial charge in [0.05, 0.1) is 0 Å². The number of fused-ring (bicyclic) bond motifs is 5. The zero-order valence-electron chi connectivity index (χ0n) is 22.2. The Bertz CT molecular complexity index is 539. The van der Waals surface area contributed by atoms with Gasteiger partial charge >= 0.3 is 0 Å². The van der Waals surface area contributed by atoms with E-state index in [9.17, 15) is 0 Å². The predicted molar refractivity (Wildman–Crippen MR) is 141 cm³/mol. The Kier molecular flexibility index (Phi) is 11.0. The highest BCUT2D eigenvalue weighted by Gasteiger charge is 2.58. The van der Waals surface area contributed by atoms with Crippen molar-refractivity contribution in [1.82, 2.24) is 0 Å². The largest absolute Gasteiger partial charge is 0.130 e. The number of alkyl halides is 1. The smallest absolute Gasteiger partial charge is 0.0108 e. The van der Waals surface area contributed by atoms with E-state index in [4.69, 9.17) is 0 Å². The van der Waals surface area contributed by atoms with E-state index >= 15 is 0 Å². The Morgan fingerprint density at radius 3 is 2.29 bits per heavy atom. The van der Waals surface area contributed by atoms with Crippen molar-refractivity contribution in [2.24, 2.45) is 52.8 Å². The molecule has 4 aliphatic carbocycles. The molecule has 9 atom stereocenters. The van der Waals surface area contributed by atoms with Gasteiger partial charge in [-0.25, -0.2) is 0 Å². The molecular formula is C30H55Cl. The van der Waals surface area contributed by atoms with E-state index in [2.05, 4.69) is 45.9 Å². The first-order valence-electron chi connectivity index (χ1n) is 14.0. The Morgan fingerprint density at radius 1 is 0.968 bits per heavy atom. The molecule has 0 N–H and O–H groups in total. The van der Waals surface area contributed by atoms with Crippen LogP contribution in [-0.4, -0.2) is 6.38 Å². The fourth-order valence-corrected chi connectivity index (χ4v) is 9.17. The van der Waals surface area contributed by atoms with Crippen LogP contribution in [0.5, 0.6) is 0 Å². The SMILES string of the molecule is C=C(C)CC[C@@H](C)C1CCC2C3CCC4C[C@H](C)CCC4C3CCC21CC.CC.CCl. The number of allylic oxidation sites excluding steroid dienone is 1. The van der Waals surface area contributed by atoms with Crippen LogP contribution in [0.15, 0.2) is 12.2 Å². The first-order chi connectivity index (χ1) is 15.0. The standard InChI is InChI=1S/C27H46.C2H6.CH3Cl/c1-6-27-16-15-23-22-11-8-19(4)17-21(22)10-12-24(23)26(27)14-13-25(27)20(5)9-7-18(2)3;2*1-2/h19-26H,2,6-17H2,1,3-5H3;1-2H3;1H3/t19-,20-,21?,22?,23?,24?,25?,26?,27?;;/m1../s1. The van der Waals surface area contributed by atoms with Crippen LogP contribution in [0.2, 0.25) is 0 Å². The van der Waals surface area contributed by atoms with E-state index in [1.165, 1.54) is 44.1 Å². The van der Waals surface area contributed by atoms with E-state index < -0.39 is 0 Å². The molecule has 4 saturated carbocycles. The summed E-state index contributed by atoms with van der Waals surface area (Å²) in [6.07, 6.45) is 19.6. The molecule has 4 rings (SSSR count). The van der Waals surface area contributed by atoms with Gasteiger partial charge in [0, 0.05) is 6.38 Å². The van der Waals surface area contributed by atoms with Crippen molar-refractivity contribution in [2.75, 3.05) is 6.38 Å². The van der Waals surface area contributed by atoms with Gasteiger partial charge < -0.3 is 0 Å². The van der Waals surface area contributed by atoms with Gasteiger partial charge in [-0.1, -0.05) is 46.6 Å². The van der Waals surface area contributed by atoms with Crippen molar-refractivity contribution < 1.29 is 0 Å². The van der Waals surface area contributed by atoms with E-state index in [0.29, 0.717) is 5.41 Å². The third-order valence-corrected chi connectivity index (χ3v) is 10.4. The maximum absolute atomic E-state index is 4.64. The Labute approximate surface area is 201 Å². The fourth-order valence-electron chi connectivity index (χ4n) is 9.17. The molecule has 4 aliphatic rings. The van der Waals surface area contributed by atoms with E-state index in [1.807, 2.05) is 13.8 Å². The molecule has 0 spiro atoms. The summed E-state index contributed by atoms with van der Waals surface area (Å²) in [5.41, 5.74) is 2.08. The highest BCUT2D eigenvalue weighted by molar-refractivity contribution is 6.15. The van der Waals surface area contributed by atoms with Gasteiger partial charge in [0.15, 0.2) is 0 Å². The van der Waals surface area contributed by atoms with Crippen LogP contribution >= 0.6 is 11.6 Å². The lowest BCUT2D eigenvalue weighted by atomic mass is 9.47. The molecule has 1 heteroatoms. The third kappa shape index (κ3) is 5.58. The zero-order valence-corrected chi connectivity index (χ0v) is 22.9. The molecule has 182 valence electrons. The van der Waals surface area contributed by atoms with Gasteiger partial charge in [0.25, 0.3) is 0 Å². The van der Waals surface area contributed by atoms with Crippen molar-refractivity contribution >= 4 is 11.6 Å². The molecule has 0 heterocycles. The summed E-state index contributed by atoms with van der Waals surface area (Å²) in [4.78, 5) is 0. The van der Waals surface area contributed by atoms with Gasteiger partial charge in [-0.15, -0.1) is 18.2 Å². The molecule has 0 bridgehead atoms. The van der Waals surface area contributed by atoms with Crippen LogP contribution in [-0.2, 0) is 0 Å². The Balaban J connectivity index is 0.000000807. The average molecular weight is 451 g/mol. The molecule has 0 radical (unpaired) electrons. The van der Waals surface area contributed by atoms with Gasteiger partial charge in [-0.2, -0.15) is 0 Å². The molecule has 7 unspecified atom stereocenters. The monoisotopic (exact) mass is 450 g/mol. The minimum atomic E-state index is 0.699. The van der Waals surface area contributed by atoms with Gasteiger partial charge in [0.2, 0.25) is 0 Å². The summed E-state index contributed by atoms with van der Waals surface area (Å²) in [6, 6.07) is 0. The van der Waals surface area contributed by atoms with E-state index in [-0.39, 0.29) is 0 Å². The maximum atomic E-state index is 4.64. The lowest BCUT2D eigenvalue weighted by molar-refractivity contribution is -0.0828.